The van der Waals surface area contributed by atoms with Gasteiger partial charge in [0.1, 0.15) is 5.75 Å². The molecule has 0 aliphatic carbocycles. The summed E-state index contributed by atoms with van der Waals surface area (Å²) >= 11 is 0. The highest BCUT2D eigenvalue weighted by Gasteiger charge is 2.07. The van der Waals surface area contributed by atoms with E-state index in [0.717, 1.165) is 5.75 Å². The van der Waals surface area contributed by atoms with Crippen LogP contribution in [0.25, 0.3) is 0 Å². The minimum Gasteiger partial charge on any atom is -0.491 e. The van der Waals surface area contributed by atoms with Gasteiger partial charge >= 0.3 is 0 Å². The van der Waals surface area contributed by atoms with Crippen LogP contribution in [0.1, 0.15) is 32.4 Å². The van der Waals surface area contributed by atoms with E-state index in [9.17, 15) is 0 Å². The van der Waals surface area contributed by atoms with Gasteiger partial charge in [-0.2, -0.15) is 0 Å². The van der Waals surface area contributed by atoms with Crippen molar-refractivity contribution in [2.45, 2.75) is 32.9 Å². The molecule has 2 nitrogen and oxygen atoms in total. The van der Waals surface area contributed by atoms with E-state index in [1.54, 1.807) is 0 Å². The largest absolute Gasteiger partial charge is 0.491 e. The first-order valence-electron chi connectivity index (χ1n) is 5.43. The molecule has 0 amide bonds. The summed E-state index contributed by atoms with van der Waals surface area (Å²) in [6.07, 6.45) is 0.238. The molecule has 1 atom stereocenters. The first-order chi connectivity index (χ1) is 7.00. The van der Waals surface area contributed by atoms with E-state index in [4.69, 9.17) is 4.74 Å². The SMILES string of the molecule is CC(C)Oc1ccc(C(C)N(C)C)cc1. The van der Waals surface area contributed by atoms with E-state index in [2.05, 4.69) is 38.1 Å². The summed E-state index contributed by atoms with van der Waals surface area (Å²) < 4.78 is 5.60. The Labute approximate surface area is 92.9 Å². The zero-order chi connectivity index (χ0) is 11.4. The number of rotatable bonds is 4. The predicted octanol–water partition coefficient (Wildman–Crippen LogP) is 3.10. The molecule has 1 aromatic rings. The third-order valence-corrected chi connectivity index (χ3v) is 2.51. The Kier molecular flexibility index (Phi) is 4.15. The van der Waals surface area contributed by atoms with Crippen LogP contribution in [0.2, 0.25) is 0 Å². The van der Waals surface area contributed by atoms with Crippen molar-refractivity contribution in [1.29, 1.82) is 0 Å². The van der Waals surface area contributed by atoms with Gasteiger partial charge in [-0.15, -0.1) is 0 Å². The quantitative estimate of drug-likeness (QED) is 0.752. The van der Waals surface area contributed by atoms with Gasteiger partial charge in [-0.1, -0.05) is 12.1 Å². The fourth-order valence-electron chi connectivity index (χ4n) is 1.40. The lowest BCUT2D eigenvalue weighted by molar-refractivity contribution is 0.242. The number of benzene rings is 1. The lowest BCUT2D eigenvalue weighted by Crippen LogP contribution is -2.16. The molecule has 0 aliphatic heterocycles. The topological polar surface area (TPSA) is 12.5 Å². The summed E-state index contributed by atoms with van der Waals surface area (Å²) in [5.74, 6) is 0.944. The van der Waals surface area contributed by atoms with Gasteiger partial charge in [-0.05, 0) is 52.6 Å². The number of nitrogens with zero attached hydrogens (tertiary/aromatic N) is 1. The zero-order valence-electron chi connectivity index (χ0n) is 10.3. The normalized spacial score (nSPS) is 13.3. The van der Waals surface area contributed by atoms with Gasteiger partial charge in [0.05, 0.1) is 6.10 Å². The van der Waals surface area contributed by atoms with Crippen LogP contribution in [-0.4, -0.2) is 25.1 Å². The molecule has 1 rings (SSSR count). The number of ether oxygens (including phenoxy) is 1. The van der Waals surface area contributed by atoms with Gasteiger partial charge in [0, 0.05) is 6.04 Å². The van der Waals surface area contributed by atoms with Crippen LogP contribution in [0.3, 0.4) is 0 Å². The predicted molar refractivity (Wildman–Crippen MR) is 64.3 cm³/mol. The van der Waals surface area contributed by atoms with Crippen LogP contribution < -0.4 is 4.74 Å². The third kappa shape index (κ3) is 3.56. The van der Waals surface area contributed by atoms with Crippen LogP contribution in [0.15, 0.2) is 24.3 Å². The van der Waals surface area contributed by atoms with Crippen LogP contribution >= 0.6 is 0 Å². The van der Waals surface area contributed by atoms with Gasteiger partial charge < -0.3 is 9.64 Å². The summed E-state index contributed by atoms with van der Waals surface area (Å²) in [4.78, 5) is 2.19. The van der Waals surface area contributed by atoms with Crippen molar-refractivity contribution in [3.63, 3.8) is 0 Å². The van der Waals surface area contributed by atoms with Crippen LogP contribution in [0.5, 0.6) is 5.75 Å². The summed E-state index contributed by atoms with van der Waals surface area (Å²) in [6.45, 7) is 6.27. The molecule has 84 valence electrons. The van der Waals surface area contributed by atoms with Crippen molar-refractivity contribution in [3.8, 4) is 5.75 Å². The molecular formula is C13H21NO. The standard InChI is InChI=1S/C13H21NO/c1-10(2)15-13-8-6-12(7-9-13)11(3)14(4)5/h6-11H,1-5H3. The number of hydrogen-bond donors (Lipinski definition) is 0. The molecule has 0 spiro atoms. The second-order valence-corrected chi connectivity index (χ2v) is 4.38. The fraction of sp³-hybridized carbons (Fsp3) is 0.538. The van der Waals surface area contributed by atoms with Crippen molar-refractivity contribution >= 4 is 0 Å². The summed E-state index contributed by atoms with van der Waals surface area (Å²) in [5, 5.41) is 0. The Hall–Kier alpha value is -1.02. The Balaban J connectivity index is 2.72. The minimum atomic E-state index is 0.238. The van der Waals surface area contributed by atoms with Gasteiger partial charge in [-0.3, -0.25) is 0 Å². The van der Waals surface area contributed by atoms with Crippen molar-refractivity contribution < 1.29 is 4.74 Å². The maximum absolute atomic E-state index is 5.60. The molecular weight excluding hydrogens is 186 g/mol. The van der Waals surface area contributed by atoms with E-state index in [-0.39, 0.29) is 6.10 Å². The molecule has 0 aromatic heterocycles. The summed E-state index contributed by atoms with van der Waals surface area (Å²) in [7, 11) is 4.17. The van der Waals surface area contributed by atoms with Gasteiger partial charge in [0.15, 0.2) is 0 Å². The van der Waals surface area contributed by atoms with Crippen molar-refractivity contribution in [1.82, 2.24) is 4.90 Å². The van der Waals surface area contributed by atoms with Crippen LogP contribution in [-0.2, 0) is 0 Å². The van der Waals surface area contributed by atoms with E-state index < -0.39 is 0 Å². The van der Waals surface area contributed by atoms with Gasteiger partial charge in [0.2, 0.25) is 0 Å². The molecule has 0 aliphatic rings. The van der Waals surface area contributed by atoms with E-state index in [1.165, 1.54) is 5.56 Å². The third-order valence-electron chi connectivity index (χ3n) is 2.51. The highest BCUT2D eigenvalue weighted by molar-refractivity contribution is 5.29. The molecule has 2 heteroatoms. The number of hydrogen-bond acceptors (Lipinski definition) is 2. The highest BCUT2D eigenvalue weighted by Crippen LogP contribution is 2.21. The van der Waals surface area contributed by atoms with Crippen LogP contribution in [0, 0.1) is 0 Å². The maximum atomic E-state index is 5.60. The highest BCUT2D eigenvalue weighted by atomic mass is 16.5. The Morgan fingerprint density at radius 3 is 1.93 bits per heavy atom. The zero-order valence-corrected chi connectivity index (χ0v) is 10.3. The molecule has 0 saturated carbocycles. The van der Waals surface area contributed by atoms with E-state index >= 15 is 0 Å². The molecule has 0 heterocycles. The smallest absolute Gasteiger partial charge is 0.119 e. The van der Waals surface area contributed by atoms with Gasteiger partial charge in [-0.25, -0.2) is 0 Å². The first-order valence-corrected chi connectivity index (χ1v) is 5.43. The molecule has 15 heavy (non-hydrogen) atoms. The molecule has 0 radical (unpaired) electrons. The van der Waals surface area contributed by atoms with E-state index in [1.807, 2.05) is 26.0 Å². The maximum Gasteiger partial charge on any atom is 0.119 e. The Bertz CT molecular complexity index is 290. The fourth-order valence-corrected chi connectivity index (χ4v) is 1.40. The second kappa shape index (κ2) is 5.17. The lowest BCUT2D eigenvalue weighted by Gasteiger charge is -2.20. The van der Waals surface area contributed by atoms with Crippen molar-refractivity contribution in [2.75, 3.05) is 14.1 Å². The molecule has 0 bridgehead atoms. The average molecular weight is 207 g/mol. The van der Waals surface area contributed by atoms with Crippen molar-refractivity contribution in [2.24, 2.45) is 0 Å². The monoisotopic (exact) mass is 207 g/mol. The molecule has 0 saturated heterocycles. The molecule has 1 aromatic carbocycles. The minimum absolute atomic E-state index is 0.238. The molecule has 0 N–H and O–H groups in total. The summed E-state index contributed by atoms with van der Waals surface area (Å²) in [6, 6.07) is 8.77. The first kappa shape index (κ1) is 12.1. The van der Waals surface area contributed by atoms with E-state index in [0.29, 0.717) is 6.04 Å². The van der Waals surface area contributed by atoms with Gasteiger partial charge in [0.25, 0.3) is 0 Å². The Morgan fingerprint density at radius 2 is 1.53 bits per heavy atom. The Morgan fingerprint density at radius 1 is 1.00 bits per heavy atom. The molecule has 1 unspecified atom stereocenters. The molecule has 0 fully saturated rings. The second-order valence-electron chi connectivity index (χ2n) is 4.38. The van der Waals surface area contributed by atoms with Crippen LogP contribution in [0.4, 0.5) is 0 Å². The lowest BCUT2D eigenvalue weighted by atomic mass is 10.1. The average Bonchev–Trinajstić information content (AvgIpc) is 2.17. The summed E-state index contributed by atoms with van der Waals surface area (Å²) in [5.41, 5.74) is 1.32. The van der Waals surface area contributed by atoms with Crippen molar-refractivity contribution in [3.05, 3.63) is 29.8 Å².